The highest BCUT2D eigenvalue weighted by atomic mass is 32.1. The van der Waals surface area contributed by atoms with Crippen molar-refractivity contribution in [3.8, 4) is 0 Å². The highest BCUT2D eigenvalue weighted by Crippen LogP contribution is 2.12. The zero-order valence-corrected chi connectivity index (χ0v) is 12.6. The molecule has 108 valence electrons. The molecule has 1 aromatic rings. The predicted molar refractivity (Wildman–Crippen MR) is 89.4 cm³/mol. The van der Waals surface area contributed by atoms with E-state index in [2.05, 4.69) is 0 Å². The minimum atomic E-state index is -0.378. The second-order valence-corrected chi connectivity index (χ2v) is 5.30. The van der Waals surface area contributed by atoms with Crippen LogP contribution in [0.15, 0.2) is 48.6 Å². The molecule has 0 aliphatic heterocycles. The van der Waals surface area contributed by atoms with Gasteiger partial charge in [-0.1, -0.05) is 54.7 Å². The highest BCUT2D eigenvalue weighted by Gasteiger charge is 2.15. The topological polar surface area (TPSA) is 52.3 Å². The number of carbonyl (C=O) groups is 1. The molecule has 1 aromatic heterocycles. The first-order chi connectivity index (χ1) is 10.2. The van der Waals surface area contributed by atoms with Crippen molar-refractivity contribution in [1.29, 1.82) is 0 Å². The molecule has 0 bridgehead atoms. The Kier molecular flexibility index (Phi) is 5.35. The molecule has 0 atom stereocenters. The average molecular weight is 299 g/mol. The fraction of sp³-hybridized carbons (Fsp3) is 0.118. The van der Waals surface area contributed by atoms with Gasteiger partial charge >= 0.3 is 5.97 Å². The van der Waals surface area contributed by atoms with Crippen molar-refractivity contribution >= 4 is 34.5 Å². The minimum absolute atomic E-state index is 0.329. The molecule has 0 aromatic carbocycles. The van der Waals surface area contributed by atoms with Crippen molar-refractivity contribution in [2.24, 2.45) is 0 Å². The van der Waals surface area contributed by atoms with Gasteiger partial charge in [0.1, 0.15) is 10.6 Å². The number of rotatable bonds is 2. The Morgan fingerprint density at radius 1 is 1.05 bits per heavy atom. The number of anilines is 1. The maximum absolute atomic E-state index is 12.1. The summed E-state index contributed by atoms with van der Waals surface area (Å²) in [4.78, 5) is 12.1. The fourth-order valence-corrected chi connectivity index (χ4v) is 2.82. The van der Waals surface area contributed by atoms with Gasteiger partial charge in [0.2, 0.25) is 0 Å². The Bertz CT molecular complexity index is 748. The van der Waals surface area contributed by atoms with E-state index >= 15 is 0 Å². The first kappa shape index (κ1) is 15.1. The molecule has 4 heteroatoms. The van der Waals surface area contributed by atoms with Crippen molar-refractivity contribution < 1.29 is 9.53 Å². The van der Waals surface area contributed by atoms with E-state index in [0.29, 0.717) is 17.2 Å². The Labute approximate surface area is 127 Å². The maximum Gasteiger partial charge on any atom is 0.341 e. The van der Waals surface area contributed by atoms with Crippen LogP contribution in [0.3, 0.4) is 0 Å². The molecule has 1 aliphatic carbocycles. The summed E-state index contributed by atoms with van der Waals surface area (Å²) >= 11 is 1.38. The van der Waals surface area contributed by atoms with Gasteiger partial charge in [0, 0.05) is 9.75 Å². The van der Waals surface area contributed by atoms with Crippen LogP contribution < -0.4 is 15.5 Å². The Morgan fingerprint density at radius 3 is 2.24 bits per heavy atom. The van der Waals surface area contributed by atoms with Crippen LogP contribution in [0, 0.1) is 0 Å². The molecular formula is C17H17NO2S. The van der Waals surface area contributed by atoms with Crippen LogP contribution in [0.1, 0.15) is 17.3 Å². The maximum atomic E-state index is 12.1. The number of allylic oxidation sites excluding steroid dienone is 8. The van der Waals surface area contributed by atoms with Gasteiger partial charge in [0.25, 0.3) is 0 Å². The Morgan fingerprint density at radius 2 is 1.62 bits per heavy atom. The molecule has 1 heterocycles. The number of nitrogens with two attached hydrogens (primary N) is 1. The van der Waals surface area contributed by atoms with E-state index in [1.54, 1.807) is 6.92 Å². The fourth-order valence-electron chi connectivity index (χ4n) is 1.86. The molecule has 0 radical (unpaired) electrons. The van der Waals surface area contributed by atoms with Crippen molar-refractivity contribution in [3.05, 3.63) is 63.9 Å². The zero-order valence-electron chi connectivity index (χ0n) is 11.8. The van der Waals surface area contributed by atoms with E-state index in [4.69, 9.17) is 10.5 Å². The summed E-state index contributed by atoms with van der Waals surface area (Å²) < 4.78 is 6.03. The average Bonchev–Trinajstić information content (AvgIpc) is 2.75. The van der Waals surface area contributed by atoms with Crippen molar-refractivity contribution in [1.82, 2.24) is 0 Å². The van der Waals surface area contributed by atoms with Crippen LogP contribution in [0.25, 0.3) is 12.2 Å². The van der Waals surface area contributed by atoms with Crippen molar-refractivity contribution in [3.63, 3.8) is 0 Å². The molecule has 2 N–H and O–H groups in total. The van der Waals surface area contributed by atoms with Crippen LogP contribution in [-0.4, -0.2) is 12.6 Å². The number of esters is 1. The van der Waals surface area contributed by atoms with Gasteiger partial charge in [-0.2, -0.15) is 0 Å². The summed E-state index contributed by atoms with van der Waals surface area (Å²) in [7, 11) is 0. The lowest BCUT2D eigenvalue weighted by molar-refractivity contribution is 0.0527. The lowest BCUT2D eigenvalue weighted by Crippen LogP contribution is -2.25. The second kappa shape index (κ2) is 7.45. The van der Waals surface area contributed by atoms with Crippen molar-refractivity contribution in [2.45, 2.75) is 6.92 Å². The van der Waals surface area contributed by atoms with E-state index in [1.807, 2.05) is 60.8 Å². The molecule has 0 unspecified atom stereocenters. The summed E-state index contributed by atoms with van der Waals surface area (Å²) in [5.74, 6) is -0.378. The van der Waals surface area contributed by atoms with Gasteiger partial charge in [0.05, 0.1) is 6.61 Å². The zero-order chi connectivity index (χ0) is 15.1. The van der Waals surface area contributed by atoms with Crippen LogP contribution >= 0.6 is 11.3 Å². The molecule has 0 saturated heterocycles. The van der Waals surface area contributed by atoms with Gasteiger partial charge in [-0.15, -0.1) is 11.3 Å². The summed E-state index contributed by atoms with van der Waals surface area (Å²) in [5, 5.41) is 1.28. The van der Waals surface area contributed by atoms with Gasteiger partial charge in [-0.05, 0) is 13.0 Å². The quantitative estimate of drug-likeness (QED) is 0.853. The van der Waals surface area contributed by atoms with Gasteiger partial charge in [-0.3, -0.25) is 0 Å². The van der Waals surface area contributed by atoms with E-state index in [0.717, 1.165) is 9.75 Å². The monoisotopic (exact) mass is 299 g/mol. The third-order valence-corrected chi connectivity index (χ3v) is 3.77. The molecular weight excluding hydrogens is 282 g/mol. The van der Waals surface area contributed by atoms with E-state index < -0.39 is 0 Å². The lowest BCUT2D eigenvalue weighted by Gasteiger charge is -2.00. The number of thiophene rings is 1. The van der Waals surface area contributed by atoms with E-state index in [1.165, 1.54) is 11.3 Å². The van der Waals surface area contributed by atoms with Gasteiger partial charge in [-0.25, -0.2) is 4.79 Å². The summed E-state index contributed by atoms with van der Waals surface area (Å²) in [6.07, 6.45) is 19.2. The normalized spacial score (nSPS) is 22.9. The second-order valence-electron chi connectivity index (χ2n) is 4.21. The van der Waals surface area contributed by atoms with Crippen molar-refractivity contribution in [2.75, 3.05) is 12.3 Å². The molecule has 21 heavy (non-hydrogen) atoms. The third kappa shape index (κ3) is 3.83. The Balaban J connectivity index is 2.65. The number of hydrogen-bond donors (Lipinski definition) is 1. The molecule has 0 spiro atoms. The van der Waals surface area contributed by atoms with E-state index in [-0.39, 0.29) is 5.97 Å². The largest absolute Gasteiger partial charge is 0.462 e. The molecule has 0 amide bonds. The number of carbonyl (C=O) groups excluding carboxylic acids is 1. The summed E-state index contributed by atoms with van der Waals surface area (Å²) in [6.45, 7) is 2.11. The third-order valence-electron chi connectivity index (χ3n) is 2.77. The van der Waals surface area contributed by atoms with E-state index in [9.17, 15) is 4.79 Å². The smallest absolute Gasteiger partial charge is 0.341 e. The lowest BCUT2D eigenvalue weighted by atomic mass is 10.2. The molecule has 0 fully saturated rings. The van der Waals surface area contributed by atoms with Crippen LogP contribution in [0.2, 0.25) is 0 Å². The van der Waals surface area contributed by atoms with Gasteiger partial charge < -0.3 is 10.5 Å². The van der Waals surface area contributed by atoms with Crippen LogP contribution in [0.5, 0.6) is 0 Å². The molecule has 3 nitrogen and oxygen atoms in total. The molecule has 1 aliphatic rings. The minimum Gasteiger partial charge on any atom is -0.462 e. The molecule has 2 rings (SSSR count). The number of hydrogen-bond acceptors (Lipinski definition) is 4. The number of nitrogen functional groups attached to an aromatic ring is 1. The summed E-state index contributed by atoms with van der Waals surface area (Å²) in [5.41, 5.74) is 6.44. The number of fused-ring (bicyclic) bond motifs is 1. The van der Waals surface area contributed by atoms with Gasteiger partial charge in [0.15, 0.2) is 0 Å². The Hall–Kier alpha value is -2.33. The van der Waals surface area contributed by atoms with Crippen LogP contribution in [0.4, 0.5) is 5.00 Å². The standard InChI is InChI=1S/C17H17NO2S/c1-2-20-17(19)15-13-11-9-7-5-3-4-6-8-10-12-14(13)21-16(15)18/h3-12H,2,18H2,1H3/b4-3?,5-3-,6-4-,7-5?,8-6?,9-7-,10-8-,11-9?,12-10?,13-11+,14-12+. The first-order valence-corrected chi connectivity index (χ1v) is 7.49. The van der Waals surface area contributed by atoms with Crippen LogP contribution in [-0.2, 0) is 4.74 Å². The SMILES string of the molecule is CCOC(=O)c1c(N)sc2/c1=C\C=C/C=C\C=C/C=C\C=2. The molecule has 0 saturated carbocycles. The number of ether oxygens (including phenoxy) is 1. The predicted octanol–water partition coefficient (Wildman–Crippen LogP) is 2.31. The first-order valence-electron chi connectivity index (χ1n) is 6.68. The summed E-state index contributed by atoms with van der Waals surface area (Å²) in [6, 6.07) is 0. The highest BCUT2D eigenvalue weighted by molar-refractivity contribution is 7.14.